The lowest BCUT2D eigenvalue weighted by molar-refractivity contribution is -0.132. The molecule has 3 heterocycles. The van der Waals surface area contributed by atoms with Gasteiger partial charge in [0.1, 0.15) is 0 Å². The molecule has 6 heteroatoms. The van der Waals surface area contributed by atoms with Gasteiger partial charge in [0.15, 0.2) is 0 Å². The number of hydrogen-bond donors (Lipinski definition) is 1. The maximum Gasteiger partial charge on any atom is 0.252 e. The summed E-state index contributed by atoms with van der Waals surface area (Å²) in [5.74, 6) is -0.193. The molecule has 2 aromatic heterocycles. The quantitative estimate of drug-likeness (QED) is 0.926. The monoisotopic (exact) mass is 345 g/mol. The number of hydrogen-bond acceptors (Lipinski definition) is 3. The number of nitrogens with one attached hydrogen (secondary N) is 1. The van der Waals surface area contributed by atoms with Crippen molar-refractivity contribution in [1.29, 1.82) is 0 Å². The molecule has 0 aliphatic carbocycles. The van der Waals surface area contributed by atoms with Gasteiger partial charge in [-0.1, -0.05) is 12.8 Å². The highest BCUT2D eigenvalue weighted by atomic mass is 32.1. The first-order valence-electron chi connectivity index (χ1n) is 8.38. The van der Waals surface area contributed by atoms with Crippen molar-refractivity contribution in [3.63, 3.8) is 0 Å². The van der Waals surface area contributed by atoms with Crippen LogP contribution in [0.25, 0.3) is 0 Å². The molecule has 2 amide bonds. The average Bonchev–Trinajstić information content (AvgIpc) is 3.19. The van der Waals surface area contributed by atoms with Crippen LogP contribution in [0.15, 0.2) is 35.2 Å². The third-order valence-electron chi connectivity index (χ3n) is 4.58. The van der Waals surface area contributed by atoms with Gasteiger partial charge < -0.3 is 14.8 Å². The van der Waals surface area contributed by atoms with Crippen molar-refractivity contribution in [1.82, 2.24) is 14.8 Å². The normalized spacial score (nSPS) is 18.2. The Balaban J connectivity index is 1.68. The van der Waals surface area contributed by atoms with Crippen LogP contribution in [-0.2, 0) is 11.8 Å². The molecule has 5 nitrogen and oxygen atoms in total. The van der Waals surface area contributed by atoms with Gasteiger partial charge in [0.05, 0.1) is 12.6 Å². The van der Waals surface area contributed by atoms with Gasteiger partial charge in [-0.05, 0) is 36.4 Å². The number of nitrogens with zero attached hydrogens (tertiary/aromatic N) is 2. The molecule has 1 aliphatic heterocycles. The maximum absolute atomic E-state index is 12.7. The topological polar surface area (TPSA) is 54.3 Å². The SMILES string of the molecule is Cn1cccc1[C@@H]1CCCCCN1C(=O)CNC(=O)c1ccsc1. The maximum atomic E-state index is 12.7. The molecule has 0 spiro atoms. The molecule has 1 fully saturated rings. The van der Waals surface area contributed by atoms with E-state index in [1.54, 1.807) is 11.4 Å². The summed E-state index contributed by atoms with van der Waals surface area (Å²) in [6.45, 7) is 0.804. The summed E-state index contributed by atoms with van der Waals surface area (Å²) in [6.07, 6.45) is 6.28. The molecule has 1 saturated heterocycles. The number of carbonyl (C=O) groups is 2. The van der Waals surface area contributed by atoms with Crippen LogP contribution in [0.5, 0.6) is 0 Å². The Hall–Kier alpha value is -2.08. The second kappa shape index (κ2) is 7.66. The van der Waals surface area contributed by atoms with Crippen LogP contribution in [0.4, 0.5) is 0 Å². The second-order valence-corrected chi connectivity index (χ2v) is 6.97. The number of rotatable bonds is 4. The molecule has 0 radical (unpaired) electrons. The number of likely N-dealkylation sites (tertiary alicyclic amines) is 1. The van der Waals surface area contributed by atoms with E-state index in [1.165, 1.54) is 11.3 Å². The molecule has 0 aromatic carbocycles. The Morgan fingerprint density at radius 1 is 1.29 bits per heavy atom. The van der Waals surface area contributed by atoms with Crippen molar-refractivity contribution < 1.29 is 9.59 Å². The summed E-state index contributed by atoms with van der Waals surface area (Å²) in [6, 6.07) is 5.96. The van der Waals surface area contributed by atoms with E-state index < -0.39 is 0 Å². The Labute approximate surface area is 146 Å². The van der Waals surface area contributed by atoms with Crippen molar-refractivity contribution in [3.05, 3.63) is 46.4 Å². The highest BCUT2D eigenvalue weighted by Gasteiger charge is 2.28. The largest absolute Gasteiger partial charge is 0.353 e. The number of amides is 2. The van der Waals surface area contributed by atoms with Gasteiger partial charge in [-0.2, -0.15) is 11.3 Å². The van der Waals surface area contributed by atoms with E-state index in [9.17, 15) is 9.59 Å². The van der Waals surface area contributed by atoms with Gasteiger partial charge >= 0.3 is 0 Å². The lowest BCUT2D eigenvalue weighted by atomic mass is 10.1. The number of thiophene rings is 1. The molecule has 3 rings (SSSR count). The zero-order valence-electron chi connectivity index (χ0n) is 13.9. The van der Waals surface area contributed by atoms with E-state index >= 15 is 0 Å². The Morgan fingerprint density at radius 2 is 2.17 bits per heavy atom. The molecule has 128 valence electrons. The van der Waals surface area contributed by atoms with Crippen LogP contribution >= 0.6 is 11.3 Å². The average molecular weight is 345 g/mol. The fourth-order valence-corrected chi connectivity index (χ4v) is 3.92. The van der Waals surface area contributed by atoms with Gasteiger partial charge in [-0.25, -0.2) is 0 Å². The molecular weight excluding hydrogens is 322 g/mol. The second-order valence-electron chi connectivity index (χ2n) is 6.19. The molecule has 0 saturated carbocycles. The highest BCUT2D eigenvalue weighted by molar-refractivity contribution is 7.08. The number of aryl methyl sites for hydroxylation is 1. The van der Waals surface area contributed by atoms with Gasteiger partial charge in [-0.15, -0.1) is 0 Å². The lowest BCUT2D eigenvalue weighted by Crippen LogP contribution is -2.42. The fraction of sp³-hybridized carbons (Fsp3) is 0.444. The molecule has 2 aromatic rings. The lowest BCUT2D eigenvalue weighted by Gasteiger charge is -2.30. The van der Waals surface area contributed by atoms with E-state index in [2.05, 4.69) is 16.0 Å². The highest BCUT2D eigenvalue weighted by Crippen LogP contribution is 2.30. The minimum atomic E-state index is -0.185. The van der Waals surface area contributed by atoms with Crippen LogP contribution in [-0.4, -0.2) is 34.4 Å². The van der Waals surface area contributed by atoms with Gasteiger partial charge in [0.2, 0.25) is 5.91 Å². The molecule has 1 N–H and O–H groups in total. The van der Waals surface area contributed by atoms with Gasteiger partial charge in [-0.3, -0.25) is 9.59 Å². The molecule has 1 atom stereocenters. The minimum Gasteiger partial charge on any atom is -0.353 e. The Kier molecular flexibility index (Phi) is 5.35. The van der Waals surface area contributed by atoms with Gasteiger partial charge in [0, 0.05) is 36.4 Å². The first-order valence-corrected chi connectivity index (χ1v) is 9.32. The summed E-state index contributed by atoms with van der Waals surface area (Å²) in [4.78, 5) is 26.7. The van der Waals surface area contributed by atoms with Crippen LogP contribution in [0.3, 0.4) is 0 Å². The van der Waals surface area contributed by atoms with Crippen molar-refractivity contribution in [2.45, 2.75) is 31.7 Å². The van der Waals surface area contributed by atoms with Crippen molar-refractivity contribution >= 4 is 23.2 Å². The summed E-state index contributed by atoms with van der Waals surface area (Å²) in [5.41, 5.74) is 1.78. The Morgan fingerprint density at radius 3 is 2.88 bits per heavy atom. The zero-order chi connectivity index (χ0) is 16.9. The van der Waals surface area contributed by atoms with Crippen LogP contribution in [0.2, 0.25) is 0 Å². The van der Waals surface area contributed by atoms with Crippen LogP contribution in [0, 0.1) is 0 Å². The third-order valence-corrected chi connectivity index (χ3v) is 5.27. The Bertz CT molecular complexity index is 693. The van der Waals surface area contributed by atoms with Gasteiger partial charge in [0.25, 0.3) is 5.91 Å². The molecule has 0 unspecified atom stereocenters. The molecule has 1 aliphatic rings. The molecule has 24 heavy (non-hydrogen) atoms. The minimum absolute atomic E-state index is 0.00770. The zero-order valence-corrected chi connectivity index (χ0v) is 14.7. The smallest absolute Gasteiger partial charge is 0.252 e. The molecule has 0 bridgehead atoms. The predicted octanol–water partition coefficient (Wildman–Crippen LogP) is 2.96. The summed E-state index contributed by atoms with van der Waals surface area (Å²) >= 11 is 1.47. The van der Waals surface area contributed by atoms with Crippen LogP contribution < -0.4 is 5.32 Å². The number of carbonyl (C=O) groups excluding carboxylic acids is 2. The summed E-state index contributed by atoms with van der Waals surface area (Å²) < 4.78 is 2.08. The standard InChI is InChI=1S/C18H23N3O2S/c1-20-9-5-7-15(20)16-6-3-2-4-10-21(16)17(22)12-19-18(23)14-8-11-24-13-14/h5,7-9,11,13,16H,2-4,6,10,12H2,1H3,(H,19,23)/t16-/m0/s1. The van der Waals surface area contributed by atoms with E-state index in [1.807, 2.05) is 29.6 Å². The van der Waals surface area contributed by atoms with E-state index in [0.717, 1.165) is 37.9 Å². The summed E-state index contributed by atoms with van der Waals surface area (Å²) in [5, 5.41) is 6.40. The van der Waals surface area contributed by atoms with Crippen molar-refractivity contribution in [3.8, 4) is 0 Å². The van der Waals surface area contributed by atoms with E-state index in [0.29, 0.717) is 5.56 Å². The summed E-state index contributed by atoms with van der Waals surface area (Å²) in [7, 11) is 2.02. The van der Waals surface area contributed by atoms with E-state index in [4.69, 9.17) is 0 Å². The van der Waals surface area contributed by atoms with Crippen molar-refractivity contribution in [2.24, 2.45) is 7.05 Å². The van der Waals surface area contributed by atoms with E-state index in [-0.39, 0.29) is 24.4 Å². The van der Waals surface area contributed by atoms with Crippen molar-refractivity contribution in [2.75, 3.05) is 13.1 Å². The molecular formula is C18H23N3O2S. The predicted molar refractivity (Wildman–Crippen MR) is 95.0 cm³/mol. The number of aromatic nitrogens is 1. The van der Waals surface area contributed by atoms with Crippen LogP contribution in [0.1, 0.15) is 47.8 Å². The third kappa shape index (κ3) is 3.70. The first kappa shape index (κ1) is 16.8. The first-order chi connectivity index (χ1) is 11.7. The fourth-order valence-electron chi connectivity index (χ4n) is 3.29.